The monoisotopic (exact) mass is 388 g/mol. The second-order valence-corrected chi connectivity index (χ2v) is 7.55. The second kappa shape index (κ2) is 8.35. The zero-order chi connectivity index (χ0) is 20.1. The Kier molecular flexibility index (Phi) is 5.47. The Morgan fingerprint density at radius 2 is 1.69 bits per heavy atom. The molecule has 5 heteroatoms. The first-order valence-electron chi connectivity index (χ1n) is 9.95. The minimum Gasteiger partial charge on any atom is -0.459 e. The zero-order valence-corrected chi connectivity index (χ0v) is 16.2. The van der Waals surface area contributed by atoms with Gasteiger partial charge in [-0.05, 0) is 48.7 Å². The molecule has 0 spiro atoms. The molecule has 2 amide bonds. The Morgan fingerprint density at radius 3 is 2.41 bits per heavy atom. The van der Waals surface area contributed by atoms with Gasteiger partial charge in [0.05, 0.1) is 6.26 Å². The van der Waals surface area contributed by atoms with Crippen LogP contribution in [-0.2, 0) is 5.41 Å². The van der Waals surface area contributed by atoms with Gasteiger partial charge in [0.25, 0.3) is 11.8 Å². The quantitative estimate of drug-likeness (QED) is 0.639. The van der Waals surface area contributed by atoms with Crippen molar-refractivity contribution in [2.75, 3.05) is 11.9 Å². The van der Waals surface area contributed by atoms with Crippen molar-refractivity contribution in [3.05, 3.63) is 89.9 Å². The molecule has 1 heterocycles. The molecule has 2 aromatic carbocycles. The standard InChI is InChI=1S/C24H24N2O3/c27-22(25-17-24(13-4-5-14-24)19-9-2-1-3-10-19)18-8-6-11-20(16-18)26-23(28)21-12-7-15-29-21/h1-3,6-12,15-16H,4-5,13-14,17H2,(H,25,27)(H,26,28). The summed E-state index contributed by atoms with van der Waals surface area (Å²) in [6.45, 7) is 0.610. The summed E-state index contributed by atoms with van der Waals surface area (Å²) < 4.78 is 5.10. The van der Waals surface area contributed by atoms with Crippen LogP contribution in [0.15, 0.2) is 77.4 Å². The van der Waals surface area contributed by atoms with E-state index in [-0.39, 0.29) is 23.0 Å². The van der Waals surface area contributed by atoms with Crippen molar-refractivity contribution in [1.29, 1.82) is 0 Å². The SMILES string of the molecule is O=C(NCC1(c2ccccc2)CCCC1)c1cccc(NC(=O)c2ccco2)c1. The first kappa shape index (κ1) is 19.0. The fourth-order valence-corrected chi connectivity index (χ4v) is 4.10. The Morgan fingerprint density at radius 1 is 0.897 bits per heavy atom. The minimum atomic E-state index is -0.346. The number of carbonyl (C=O) groups is 2. The number of rotatable bonds is 6. The fraction of sp³-hybridized carbons (Fsp3) is 0.250. The Hall–Kier alpha value is -3.34. The van der Waals surface area contributed by atoms with Gasteiger partial charge < -0.3 is 15.1 Å². The van der Waals surface area contributed by atoms with Crippen LogP contribution in [0.3, 0.4) is 0 Å². The van der Waals surface area contributed by atoms with Gasteiger partial charge in [0.15, 0.2) is 5.76 Å². The van der Waals surface area contributed by atoms with Gasteiger partial charge in [0, 0.05) is 23.2 Å². The molecule has 0 saturated heterocycles. The van der Waals surface area contributed by atoms with Crippen molar-refractivity contribution >= 4 is 17.5 Å². The van der Waals surface area contributed by atoms with Crippen LogP contribution in [0.1, 0.15) is 52.2 Å². The normalized spacial score (nSPS) is 15.0. The maximum absolute atomic E-state index is 12.8. The van der Waals surface area contributed by atoms with Gasteiger partial charge in [0.2, 0.25) is 0 Å². The van der Waals surface area contributed by atoms with E-state index >= 15 is 0 Å². The summed E-state index contributed by atoms with van der Waals surface area (Å²) >= 11 is 0. The first-order chi connectivity index (χ1) is 14.2. The lowest BCUT2D eigenvalue weighted by molar-refractivity contribution is 0.0941. The van der Waals surface area contributed by atoms with Crippen molar-refractivity contribution in [3.63, 3.8) is 0 Å². The molecule has 1 aliphatic carbocycles. The number of furan rings is 1. The summed E-state index contributed by atoms with van der Waals surface area (Å²) in [6.07, 6.45) is 5.97. The van der Waals surface area contributed by atoms with E-state index in [9.17, 15) is 9.59 Å². The number of amides is 2. The molecule has 29 heavy (non-hydrogen) atoms. The Balaban J connectivity index is 1.44. The first-order valence-corrected chi connectivity index (χ1v) is 9.95. The van der Waals surface area contributed by atoms with Crippen LogP contribution < -0.4 is 10.6 Å². The van der Waals surface area contributed by atoms with Crippen LogP contribution >= 0.6 is 0 Å². The smallest absolute Gasteiger partial charge is 0.291 e. The van der Waals surface area contributed by atoms with Crippen LogP contribution in [0.2, 0.25) is 0 Å². The summed E-state index contributed by atoms with van der Waals surface area (Å²) in [6, 6.07) is 20.6. The highest BCUT2D eigenvalue weighted by Gasteiger charge is 2.35. The maximum atomic E-state index is 12.8. The van der Waals surface area contributed by atoms with Crippen molar-refractivity contribution in [3.8, 4) is 0 Å². The highest BCUT2D eigenvalue weighted by molar-refractivity contribution is 6.03. The topological polar surface area (TPSA) is 71.3 Å². The third-order valence-electron chi connectivity index (χ3n) is 5.66. The molecule has 148 valence electrons. The number of hydrogen-bond acceptors (Lipinski definition) is 3. The van der Waals surface area contributed by atoms with Gasteiger partial charge in [0.1, 0.15) is 0 Å². The highest BCUT2D eigenvalue weighted by Crippen LogP contribution is 2.40. The molecule has 2 N–H and O–H groups in total. The van der Waals surface area contributed by atoms with Gasteiger partial charge in [-0.3, -0.25) is 9.59 Å². The third-order valence-corrected chi connectivity index (χ3v) is 5.66. The Labute approximate surface area is 170 Å². The summed E-state index contributed by atoms with van der Waals surface area (Å²) in [5.74, 6) is -0.256. The predicted molar refractivity (Wildman–Crippen MR) is 112 cm³/mol. The molecule has 0 bridgehead atoms. The van der Waals surface area contributed by atoms with Crippen molar-refractivity contribution < 1.29 is 14.0 Å². The van der Waals surface area contributed by atoms with E-state index in [4.69, 9.17) is 4.42 Å². The second-order valence-electron chi connectivity index (χ2n) is 7.55. The van der Waals surface area contributed by atoms with Crippen molar-refractivity contribution in [2.24, 2.45) is 0 Å². The summed E-state index contributed by atoms with van der Waals surface area (Å²) in [5, 5.41) is 5.88. The molecule has 1 aromatic heterocycles. The van der Waals surface area contributed by atoms with E-state index in [2.05, 4.69) is 34.9 Å². The highest BCUT2D eigenvalue weighted by atomic mass is 16.3. The zero-order valence-electron chi connectivity index (χ0n) is 16.2. The average molecular weight is 388 g/mol. The molecular weight excluding hydrogens is 364 g/mol. The van der Waals surface area contributed by atoms with E-state index in [1.165, 1.54) is 24.7 Å². The predicted octanol–water partition coefficient (Wildman–Crippen LogP) is 4.77. The van der Waals surface area contributed by atoms with Crippen LogP contribution in [0.4, 0.5) is 5.69 Å². The molecule has 1 fully saturated rings. The maximum Gasteiger partial charge on any atom is 0.291 e. The molecule has 0 radical (unpaired) electrons. The van der Waals surface area contributed by atoms with Crippen LogP contribution in [0.25, 0.3) is 0 Å². The lowest BCUT2D eigenvalue weighted by Gasteiger charge is -2.30. The molecular formula is C24H24N2O3. The molecule has 0 aliphatic heterocycles. The number of benzene rings is 2. The van der Waals surface area contributed by atoms with E-state index in [0.717, 1.165) is 12.8 Å². The van der Waals surface area contributed by atoms with E-state index in [1.807, 2.05) is 6.07 Å². The van der Waals surface area contributed by atoms with E-state index in [1.54, 1.807) is 36.4 Å². The fourth-order valence-electron chi connectivity index (χ4n) is 4.10. The number of anilines is 1. The molecule has 4 rings (SSSR count). The van der Waals surface area contributed by atoms with Gasteiger partial charge in [-0.15, -0.1) is 0 Å². The third kappa shape index (κ3) is 4.24. The molecule has 5 nitrogen and oxygen atoms in total. The van der Waals surface area contributed by atoms with Crippen molar-refractivity contribution in [2.45, 2.75) is 31.1 Å². The van der Waals surface area contributed by atoms with Crippen LogP contribution in [0.5, 0.6) is 0 Å². The van der Waals surface area contributed by atoms with E-state index < -0.39 is 0 Å². The Bertz CT molecular complexity index is 974. The molecule has 0 atom stereocenters. The molecule has 1 aliphatic rings. The van der Waals surface area contributed by atoms with Gasteiger partial charge in [-0.25, -0.2) is 0 Å². The average Bonchev–Trinajstić information content (AvgIpc) is 3.46. The summed E-state index contributed by atoms with van der Waals surface area (Å²) in [4.78, 5) is 24.9. The largest absolute Gasteiger partial charge is 0.459 e. The lowest BCUT2D eigenvalue weighted by atomic mass is 9.79. The van der Waals surface area contributed by atoms with Gasteiger partial charge >= 0.3 is 0 Å². The van der Waals surface area contributed by atoms with Crippen LogP contribution in [-0.4, -0.2) is 18.4 Å². The van der Waals surface area contributed by atoms with Crippen LogP contribution in [0, 0.1) is 0 Å². The van der Waals surface area contributed by atoms with E-state index in [0.29, 0.717) is 17.8 Å². The summed E-state index contributed by atoms with van der Waals surface area (Å²) in [7, 11) is 0. The molecule has 0 unspecified atom stereocenters. The molecule has 1 saturated carbocycles. The van der Waals surface area contributed by atoms with Crippen molar-refractivity contribution in [1.82, 2.24) is 5.32 Å². The van der Waals surface area contributed by atoms with Gasteiger partial charge in [-0.1, -0.05) is 49.2 Å². The summed E-state index contributed by atoms with van der Waals surface area (Å²) in [5.41, 5.74) is 2.36. The number of carbonyl (C=O) groups excluding carboxylic acids is 2. The number of nitrogens with one attached hydrogen (secondary N) is 2. The molecule has 3 aromatic rings. The number of hydrogen-bond donors (Lipinski definition) is 2. The van der Waals surface area contributed by atoms with Gasteiger partial charge in [-0.2, -0.15) is 0 Å². The minimum absolute atomic E-state index is 0.00202. The lowest BCUT2D eigenvalue weighted by Crippen LogP contribution is -2.39.